The first-order valence-electron chi connectivity index (χ1n) is 4.56. The fourth-order valence-corrected chi connectivity index (χ4v) is 1.73. The predicted molar refractivity (Wildman–Crippen MR) is 47.6 cm³/mol. The molecule has 0 spiro atoms. The topological polar surface area (TPSA) is 30.7 Å². The molecular formula is C8H9ClF3N3. The summed E-state index contributed by atoms with van der Waals surface area (Å²) in [7, 11) is 0. The maximum Gasteiger partial charge on any atom is 0.408 e. The Kier molecular flexibility index (Phi) is 2.62. The van der Waals surface area contributed by atoms with Gasteiger partial charge >= 0.3 is 6.18 Å². The van der Waals surface area contributed by atoms with E-state index in [-0.39, 0.29) is 11.8 Å². The van der Waals surface area contributed by atoms with Crippen LogP contribution in [0.1, 0.15) is 30.1 Å². The minimum absolute atomic E-state index is 0.115. The first kappa shape index (κ1) is 10.7. The number of hydrogen-bond acceptors (Lipinski definition) is 2. The maximum absolute atomic E-state index is 12.2. The summed E-state index contributed by atoms with van der Waals surface area (Å²) in [5.41, 5.74) is 1.03. The highest BCUT2D eigenvalue weighted by molar-refractivity contribution is 6.16. The molecule has 0 radical (unpaired) electrons. The van der Waals surface area contributed by atoms with E-state index in [1.807, 2.05) is 0 Å². The van der Waals surface area contributed by atoms with Crippen molar-refractivity contribution in [2.24, 2.45) is 0 Å². The Morgan fingerprint density at radius 3 is 2.53 bits per heavy atom. The van der Waals surface area contributed by atoms with Crippen LogP contribution in [0.3, 0.4) is 0 Å². The van der Waals surface area contributed by atoms with Crippen LogP contribution in [0.25, 0.3) is 0 Å². The van der Waals surface area contributed by atoms with E-state index >= 15 is 0 Å². The summed E-state index contributed by atoms with van der Waals surface area (Å²) in [5.74, 6) is 0.278. The minimum Gasteiger partial charge on any atom is -0.240 e. The molecule has 3 nitrogen and oxygen atoms in total. The first-order valence-corrected chi connectivity index (χ1v) is 5.09. The molecule has 7 heteroatoms. The fraction of sp³-hybridized carbons (Fsp3) is 0.750. The molecule has 1 aromatic rings. The first-order chi connectivity index (χ1) is 7.01. The van der Waals surface area contributed by atoms with E-state index in [1.165, 1.54) is 0 Å². The summed E-state index contributed by atoms with van der Waals surface area (Å²) in [5, 5.41) is 7.16. The lowest BCUT2D eigenvalue weighted by atomic mass is 10.2. The van der Waals surface area contributed by atoms with Gasteiger partial charge in [-0.2, -0.15) is 13.2 Å². The van der Waals surface area contributed by atoms with E-state index in [9.17, 15) is 13.2 Å². The highest BCUT2D eigenvalue weighted by atomic mass is 35.5. The van der Waals surface area contributed by atoms with Gasteiger partial charge in [-0.05, 0) is 12.8 Å². The van der Waals surface area contributed by atoms with Gasteiger partial charge in [0.15, 0.2) is 0 Å². The number of aromatic nitrogens is 3. The molecule has 0 N–H and O–H groups in total. The molecule has 0 bridgehead atoms. The van der Waals surface area contributed by atoms with Crippen LogP contribution in [-0.2, 0) is 12.4 Å². The third-order valence-corrected chi connectivity index (χ3v) is 2.52. The van der Waals surface area contributed by atoms with Gasteiger partial charge in [-0.1, -0.05) is 5.21 Å². The van der Waals surface area contributed by atoms with Gasteiger partial charge in [0.1, 0.15) is 12.2 Å². The normalized spacial score (nSPS) is 17.1. The van der Waals surface area contributed by atoms with Crippen molar-refractivity contribution in [3.8, 4) is 0 Å². The van der Waals surface area contributed by atoms with Crippen LogP contribution in [0.2, 0.25) is 0 Å². The average molecular weight is 240 g/mol. The van der Waals surface area contributed by atoms with Crippen LogP contribution in [0.5, 0.6) is 0 Å². The molecule has 15 heavy (non-hydrogen) atoms. The molecule has 2 rings (SSSR count). The van der Waals surface area contributed by atoms with Gasteiger partial charge in [-0.15, -0.1) is 16.7 Å². The Bertz CT molecular complexity index is 357. The van der Waals surface area contributed by atoms with Crippen molar-refractivity contribution in [1.29, 1.82) is 0 Å². The number of hydrogen-bond donors (Lipinski definition) is 0. The van der Waals surface area contributed by atoms with Crippen molar-refractivity contribution >= 4 is 11.6 Å². The Labute approximate surface area is 89.2 Å². The molecular weight excluding hydrogens is 231 g/mol. The molecule has 1 aromatic heterocycles. The number of alkyl halides is 4. The van der Waals surface area contributed by atoms with Gasteiger partial charge in [0.25, 0.3) is 0 Å². The molecule has 1 aliphatic rings. The zero-order valence-corrected chi connectivity index (χ0v) is 8.52. The van der Waals surface area contributed by atoms with Crippen molar-refractivity contribution in [1.82, 2.24) is 15.0 Å². The molecule has 1 heterocycles. The van der Waals surface area contributed by atoms with E-state index in [0.717, 1.165) is 17.5 Å². The van der Waals surface area contributed by atoms with Crippen molar-refractivity contribution < 1.29 is 13.2 Å². The third-order valence-electron chi connectivity index (χ3n) is 2.27. The third kappa shape index (κ3) is 2.42. The summed E-state index contributed by atoms with van der Waals surface area (Å²) in [6, 6.07) is 0. The van der Waals surface area contributed by atoms with Crippen LogP contribution in [0.4, 0.5) is 13.2 Å². The zero-order valence-electron chi connectivity index (χ0n) is 7.76. The van der Waals surface area contributed by atoms with Crippen LogP contribution in [-0.4, -0.2) is 21.2 Å². The number of nitrogens with zero attached hydrogens (tertiary/aromatic N) is 3. The van der Waals surface area contributed by atoms with Crippen LogP contribution >= 0.6 is 11.6 Å². The Balaban J connectivity index is 2.26. The van der Waals surface area contributed by atoms with Crippen molar-refractivity contribution in [3.05, 3.63) is 11.4 Å². The highest BCUT2D eigenvalue weighted by Gasteiger charge is 2.35. The monoisotopic (exact) mass is 239 g/mol. The second kappa shape index (κ2) is 3.66. The number of rotatable bonds is 3. The molecule has 1 fully saturated rings. The van der Waals surface area contributed by atoms with E-state index in [2.05, 4.69) is 10.3 Å². The van der Waals surface area contributed by atoms with Crippen LogP contribution < -0.4 is 0 Å². The predicted octanol–water partition coefficient (Wildman–Crippen LogP) is 2.46. The van der Waals surface area contributed by atoms with E-state index in [1.54, 1.807) is 0 Å². The van der Waals surface area contributed by atoms with Gasteiger partial charge in [0, 0.05) is 5.92 Å². The number of halogens is 4. The SMILES string of the molecule is FC(F)(F)Cn1nnc(CCl)c1C1CC1. The van der Waals surface area contributed by atoms with E-state index < -0.39 is 12.7 Å². The standard InChI is InChI=1S/C8H9ClF3N3/c9-3-6-7(5-1-2-5)15(14-13-6)4-8(10,11)12/h5H,1-4H2. The lowest BCUT2D eigenvalue weighted by molar-refractivity contribution is -0.143. The van der Waals surface area contributed by atoms with Gasteiger partial charge in [-0.3, -0.25) is 0 Å². The Hall–Kier alpha value is -0.780. The summed E-state index contributed by atoms with van der Waals surface area (Å²) in [4.78, 5) is 0. The Morgan fingerprint density at radius 1 is 1.40 bits per heavy atom. The largest absolute Gasteiger partial charge is 0.408 e. The molecule has 0 amide bonds. The molecule has 1 saturated carbocycles. The molecule has 0 atom stereocenters. The average Bonchev–Trinajstić information content (AvgIpc) is 2.87. The minimum atomic E-state index is -4.26. The van der Waals surface area contributed by atoms with Crippen molar-refractivity contribution in [3.63, 3.8) is 0 Å². The molecule has 84 valence electrons. The van der Waals surface area contributed by atoms with Crippen molar-refractivity contribution in [2.75, 3.05) is 0 Å². The fourth-order valence-electron chi connectivity index (χ4n) is 1.54. The summed E-state index contributed by atoms with van der Waals surface area (Å²) < 4.78 is 37.5. The van der Waals surface area contributed by atoms with Crippen LogP contribution in [0, 0.1) is 0 Å². The zero-order chi connectivity index (χ0) is 11.1. The Morgan fingerprint density at radius 2 is 2.07 bits per heavy atom. The smallest absolute Gasteiger partial charge is 0.240 e. The molecule has 0 aliphatic heterocycles. The van der Waals surface area contributed by atoms with Gasteiger partial charge in [0.05, 0.1) is 11.6 Å². The molecule has 0 unspecified atom stereocenters. The summed E-state index contributed by atoms with van der Waals surface area (Å²) >= 11 is 5.59. The summed E-state index contributed by atoms with van der Waals surface area (Å²) in [6.45, 7) is -1.08. The second-order valence-electron chi connectivity index (χ2n) is 3.60. The maximum atomic E-state index is 12.2. The van der Waals surface area contributed by atoms with Gasteiger partial charge < -0.3 is 0 Å². The summed E-state index contributed by atoms with van der Waals surface area (Å²) in [6.07, 6.45) is -2.47. The molecule has 1 aliphatic carbocycles. The van der Waals surface area contributed by atoms with E-state index in [0.29, 0.717) is 11.4 Å². The highest BCUT2D eigenvalue weighted by Crippen LogP contribution is 2.41. The lowest BCUT2D eigenvalue weighted by Crippen LogP contribution is -2.20. The molecule has 0 saturated heterocycles. The van der Waals surface area contributed by atoms with Crippen LogP contribution in [0.15, 0.2) is 0 Å². The quantitative estimate of drug-likeness (QED) is 0.759. The second-order valence-corrected chi connectivity index (χ2v) is 3.87. The van der Waals surface area contributed by atoms with Crippen molar-refractivity contribution in [2.45, 2.75) is 37.4 Å². The van der Waals surface area contributed by atoms with Gasteiger partial charge in [0.2, 0.25) is 0 Å². The van der Waals surface area contributed by atoms with Gasteiger partial charge in [-0.25, -0.2) is 4.68 Å². The lowest BCUT2D eigenvalue weighted by Gasteiger charge is -2.08. The van der Waals surface area contributed by atoms with E-state index in [4.69, 9.17) is 11.6 Å². The molecule has 0 aromatic carbocycles.